The summed E-state index contributed by atoms with van der Waals surface area (Å²) in [5.41, 5.74) is 0. The van der Waals surface area contributed by atoms with Crippen LogP contribution in [0.15, 0.2) is 60.7 Å². The van der Waals surface area contributed by atoms with E-state index in [-0.39, 0.29) is 69.7 Å². The van der Waals surface area contributed by atoms with Gasteiger partial charge < -0.3 is 48.0 Å². The average molecular weight is 432 g/mol. The van der Waals surface area contributed by atoms with Gasteiger partial charge in [-0.2, -0.15) is 36.4 Å². The first-order valence-electron chi connectivity index (χ1n) is 3.33. The Labute approximate surface area is 129 Å². The zero-order chi connectivity index (χ0) is 7.07. The molecule has 2 aromatic carbocycles. The number of rotatable bonds is 0. The molecular weight excluding hydrogens is 422 g/mol. The molecule has 0 nitrogen and oxygen atoms in total. The van der Waals surface area contributed by atoms with Crippen LogP contribution >= 0.6 is 0 Å². The van der Waals surface area contributed by atoms with Crippen molar-refractivity contribution in [1.82, 2.24) is 0 Å². The van der Waals surface area contributed by atoms with E-state index in [0.29, 0.717) is 0 Å². The Hall–Kier alpha value is 0.874. The second-order valence-corrected chi connectivity index (χ2v) is 1.92. The molecular formula is C10H10I2Ti. The predicted molar refractivity (Wildman–Crippen MR) is 44.1 cm³/mol. The molecule has 0 radical (unpaired) electrons. The van der Waals surface area contributed by atoms with E-state index in [4.69, 9.17) is 0 Å². The minimum absolute atomic E-state index is 0. The quantitative estimate of drug-likeness (QED) is 0.234. The number of halogens is 2. The molecule has 0 aromatic heterocycles. The van der Waals surface area contributed by atoms with Gasteiger partial charge in [0.25, 0.3) is 0 Å². The first-order chi connectivity index (χ1) is 5.00. The standard InChI is InChI=1S/2C5H5.2HI.Ti/c2*1-2-4-5-3-1;;;/h2*1-5H;2*1H;/q2*-1;;;+4/p-2. The molecule has 0 aliphatic rings. The van der Waals surface area contributed by atoms with Crippen LogP contribution < -0.4 is 48.0 Å². The van der Waals surface area contributed by atoms with Gasteiger partial charge in [0, 0.05) is 0 Å². The monoisotopic (exact) mass is 432 g/mol. The molecule has 0 fully saturated rings. The fourth-order valence-electron chi connectivity index (χ4n) is 0.642. The van der Waals surface area contributed by atoms with Crippen molar-refractivity contribution in [1.29, 1.82) is 0 Å². The first-order valence-corrected chi connectivity index (χ1v) is 3.33. The van der Waals surface area contributed by atoms with Crippen LogP contribution in [0, 0.1) is 0 Å². The topological polar surface area (TPSA) is 0 Å². The molecule has 0 atom stereocenters. The predicted octanol–water partition coefficient (Wildman–Crippen LogP) is -3.18. The molecule has 0 bridgehead atoms. The molecule has 13 heavy (non-hydrogen) atoms. The third-order valence-electron chi connectivity index (χ3n) is 1.11. The second-order valence-electron chi connectivity index (χ2n) is 1.92. The summed E-state index contributed by atoms with van der Waals surface area (Å²) in [5.74, 6) is 0. The minimum Gasteiger partial charge on any atom is -1.00 e. The summed E-state index contributed by atoms with van der Waals surface area (Å²) in [4.78, 5) is 0. The van der Waals surface area contributed by atoms with Crippen molar-refractivity contribution in [3.8, 4) is 0 Å². The van der Waals surface area contributed by atoms with Crippen molar-refractivity contribution >= 4 is 0 Å². The van der Waals surface area contributed by atoms with E-state index in [1.807, 2.05) is 60.7 Å². The molecule has 0 spiro atoms. The summed E-state index contributed by atoms with van der Waals surface area (Å²) in [6.45, 7) is 0. The van der Waals surface area contributed by atoms with Crippen molar-refractivity contribution in [2.24, 2.45) is 0 Å². The van der Waals surface area contributed by atoms with Crippen LogP contribution in [0.4, 0.5) is 0 Å². The maximum Gasteiger partial charge on any atom is 4.00 e. The van der Waals surface area contributed by atoms with Crippen LogP contribution in [0.25, 0.3) is 0 Å². The van der Waals surface area contributed by atoms with Crippen molar-refractivity contribution < 1.29 is 69.7 Å². The van der Waals surface area contributed by atoms with E-state index in [1.165, 1.54) is 0 Å². The van der Waals surface area contributed by atoms with Crippen LogP contribution in [0.5, 0.6) is 0 Å². The Bertz CT molecular complexity index is 152. The summed E-state index contributed by atoms with van der Waals surface area (Å²) < 4.78 is 0. The van der Waals surface area contributed by atoms with Gasteiger partial charge in [0.1, 0.15) is 0 Å². The summed E-state index contributed by atoms with van der Waals surface area (Å²) in [5, 5.41) is 0. The third kappa shape index (κ3) is 12.9. The van der Waals surface area contributed by atoms with Gasteiger partial charge in [0.15, 0.2) is 0 Å². The molecule has 2 rings (SSSR count). The van der Waals surface area contributed by atoms with Crippen LogP contribution in [-0.4, -0.2) is 0 Å². The summed E-state index contributed by atoms with van der Waals surface area (Å²) in [7, 11) is 0. The summed E-state index contributed by atoms with van der Waals surface area (Å²) in [6.07, 6.45) is 0. The zero-order valence-electron chi connectivity index (χ0n) is 7.03. The Morgan fingerprint density at radius 3 is 0.846 bits per heavy atom. The van der Waals surface area contributed by atoms with Crippen LogP contribution in [0.3, 0.4) is 0 Å². The molecule has 0 unspecified atom stereocenters. The van der Waals surface area contributed by atoms with Crippen molar-refractivity contribution in [3.63, 3.8) is 0 Å². The molecule has 0 saturated heterocycles. The molecule has 68 valence electrons. The average Bonchev–Trinajstić information content (AvgIpc) is 2.67. The zero-order valence-corrected chi connectivity index (χ0v) is 12.9. The van der Waals surface area contributed by atoms with Crippen LogP contribution in [0.1, 0.15) is 0 Å². The molecule has 0 aliphatic heterocycles. The second kappa shape index (κ2) is 15.4. The van der Waals surface area contributed by atoms with E-state index in [9.17, 15) is 0 Å². The Morgan fingerprint density at radius 2 is 0.769 bits per heavy atom. The molecule has 0 heterocycles. The Morgan fingerprint density at radius 1 is 0.538 bits per heavy atom. The van der Waals surface area contributed by atoms with Gasteiger partial charge in [-0.05, 0) is 0 Å². The maximum absolute atomic E-state index is 2.00. The van der Waals surface area contributed by atoms with Gasteiger partial charge in [-0.3, -0.25) is 0 Å². The Balaban J connectivity index is -0.000000125. The van der Waals surface area contributed by atoms with Crippen molar-refractivity contribution in [2.45, 2.75) is 0 Å². The maximum atomic E-state index is 2.00. The molecule has 3 heteroatoms. The molecule has 2 aromatic rings. The van der Waals surface area contributed by atoms with E-state index < -0.39 is 0 Å². The SMILES string of the molecule is [I-].[I-].[Ti+4].c1cc[cH-]c1.c1cc[cH-]c1. The van der Waals surface area contributed by atoms with Gasteiger partial charge in [-0.25, -0.2) is 24.3 Å². The summed E-state index contributed by atoms with van der Waals surface area (Å²) >= 11 is 0. The summed E-state index contributed by atoms with van der Waals surface area (Å²) in [6, 6.07) is 20.0. The normalized spacial score (nSPS) is 6.15. The fraction of sp³-hybridized carbons (Fsp3) is 0. The Kier molecular flexibility index (Phi) is 23.0. The number of hydrogen-bond donors (Lipinski definition) is 0. The van der Waals surface area contributed by atoms with E-state index in [0.717, 1.165) is 0 Å². The third-order valence-corrected chi connectivity index (χ3v) is 1.11. The smallest absolute Gasteiger partial charge is 1.00 e. The van der Waals surface area contributed by atoms with Crippen LogP contribution in [-0.2, 0) is 21.7 Å². The fourth-order valence-corrected chi connectivity index (χ4v) is 0.642. The van der Waals surface area contributed by atoms with Gasteiger partial charge in [0.2, 0.25) is 0 Å². The number of hydrogen-bond acceptors (Lipinski definition) is 0. The van der Waals surface area contributed by atoms with Gasteiger partial charge in [-0.1, -0.05) is 0 Å². The van der Waals surface area contributed by atoms with Crippen molar-refractivity contribution in [2.75, 3.05) is 0 Å². The van der Waals surface area contributed by atoms with Gasteiger partial charge >= 0.3 is 21.7 Å². The molecule has 0 amide bonds. The molecule has 0 saturated carbocycles. The molecule has 0 N–H and O–H groups in total. The van der Waals surface area contributed by atoms with E-state index in [2.05, 4.69) is 0 Å². The first kappa shape index (κ1) is 19.4. The minimum atomic E-state index is 0. The van der Waals surface area contributed by atoms with Gasteiger partial charge in [-0.15, -0.1) is 0 Å². The largest absolute Gasteiger partial charge is 4.00 e. The molecule has 0 aliphatic carbocycles. The van der Waals surface area contributed by atoms with E-state index in [1.54, 1.807) is 0 Å². The van der Waals surface area contributed by atoms with Gasteiger partial charge in [0.05, 0.1) is 0 Å². The van der Waals surface area contributed by atoms with Crippen LogP contribution in [0.2, 0.25) is 0 Å². The van der Waals surface area contributed by atoms with E-state index >= 15 is 0 Å². The van der Waals surface area contributed by atoms with Crippen molar-refractivity contribution in [3.05, 3.63) is 60.7 Å².